The van der Waals surface area contributed by atoms with E-state index in [0.29, 0.717) is 23.3 Å². The Hall–Kier alpha value is -4.98. The number of hydrogen-bond donors (Lipinski definition) is 1. The lowest BCUT2D eigenvalue weighted by Crippen LogP contribution is -2.46. The molecule has 0 spiro atoms. The number of halogens is 3. The van der Waals surface area contributed by atoms with E-state index >= 15 is 0 Å². The molecule has 3 aromatic carbocycles. The highest BCUT2D eigenvalue weighted by molar-refractivity contribution is 5.94. The lowest BCUT2D eigenvalue weighted by atomic mass is 9.86. The average molecular weight is 847 g/mol. The summed E-state index contributed by atoms with van der Waals surface area (Å²) >= 11 is 0. The molecule has 0 radical (unpaired) electrons. The number of carbonyl (C=O) groups excluding carboxylic acids is 2. The molecule has 330 valence electrons. The van der Waals surface area contributed by atoms with E-state index < -0.39 is 40.3 Å². The minimum Gasteiger partial charge on any atom is -0.497 e. The highest BCUT2D eigenvalue weighted by Crippen LogP contribution is 2.34. The number of fused-ring (bicyclic) bond motifs is 1. The monoisotopic (exact) mass is 846 g/mol. The van der Waals surface area contributed by atoms with Crippen molar-refractivity contribution in [1.82, 2.24) is 24.9 Å². The van der Waals surface area contributed by atoms with E-state index in [1.807, 2.05) is 25.7 Å². The van der Waals surface area contributed by atoms with Crippen molar-refractivity contribution < 1.29 is 37.0 Å². The van der Waals surface area contributed by atoms with Gasteiger partial charge in [-0.2, -0.15) is 9.49 Å². The van der Waals surface area contributed by atoms with Crippen LogP contribution in [0.5, 0.6) is 11.5 Å². The summed E-state index contributed by atoms with van der Waals surface area (Å²) in [6, 6.07) is 14.2. The lowest BCUT2D eigenvalue weighted by Gasteiger charge is -2.36. The summed E-state index contributed by atoms with van der Waals surface area (Å²) in [7, 11) is 1.52. The molecule has 2 saturated heterocycles. The SMILES string of the molecule is COc1ccc(COc2c(F)cc(C(=O)NC[C@H]3CC[C@H](n4cc5ccc(N6CCN(CCCCC7CCN(C(=O)OC(C)(C)C)CC7)CC6)cc5n4)CC3)c(F)c2F)cc1. The Morgan fingerprint density at radius 3 is 2.25 bits per heavy atom. The maximum Gasteiger partial charge on any atom is 0.410 e. The zero-order valence-corrected chi connectivity index (χ0v) is 36.1. The van der Waals surface area contributed by atoms with Gasteiger partial charge in [-0.3, -0.25) is 14.4 Å². The molecule has 0 unspecified atom stereocenters. The number of ether oxygens (including phenoxy) is 3. The zero-order valence-electron chi connectivity index (χ0n) is 36.1. The van der Waals surface area contributed by atoms with Crippen LogP contribution in [0.4, 0.5) is 23.7 Å². The van der Waals surface area contributed by atoms with Gasteiger partial charge in [0, 0.05) is 63.1 Å². The molecule has 4 aromatic rings. The number of carbonyl (C=O) groups is 2. The van der Waals surface area contributed by atoms with Crippen LogP contribution in [-0.4, -0.2) is 96.6 Å². The summed E-state index contributed by atoms with van der Waals surface area (Å²) in [5.41, 5.74) is 1.64. The normalized spacial score (nSPS) is 19.3. The molecule has 1 aromatic heterocycles. The molecule has 1 N–H and O–H groups in total. The van der Waals surface area contributed by atoms with Gasteiger partial charge in [0.15, 0.2) is 17.4 Å². The van der Waals surface area contributed by atoms with Crippen LogP contribution >= 0.6 is 0 Å². The highest BCUT2D eigenvalue weighted by atomic mass is 19.2. The quantitative estimate of drug-likeness (QED) is 0.0992. The van der Waals surface area contributed by atoms with Crippen molar-refractivity contribution in [1.29, 1.82) is 0 Å². The first-order valence-corrected chi connectivity index (χ1v) is 22.0. The number of rotatable bonds is 14. The molecule has 1 aliphatic carbocycles. The fraction of sp³-hybridized carbons (Fsp3) is 0.553. The second kappa shape index (κ2) is 19.8. The second-order valence-corrected chi connectivity index (χ2v) is 18.0. The molecule has 2 amide bonds. The van der Waals surface area contributed by atoms with Gasteiger partial charge in [-0.05, 0) is 126 Å². The van der Waals surface area contributed by atoms with E-state index in [1.165, 1.54) is 32.1 Å². The second-order valence-electron chi connectivity index (χ2n) is 18.0. The Bertz CT molecular complexity index is 2100. The molecule has 0 atom stereocenters. The summed E-state index contributed by atoms with van der Waals surface area (Å²) in [5.74, 6) is -4.41. The number of anilines is 1. The molecule has 0 bridgehead atoms. The van der Waals surface area contributed by atoms with E-state index in [2.05, 4.69) is 44.2 Å². The number of piperidine rings is 1. The first-order valence-electron chi connectivity index (χ1n) is 22.0. The van der Waals surface area contributed by atoms with Crippen molar-refractivity contribution in [2.75, 3.05) is 64.4 Å². The van der Waals surface area contributed by atoms with Gasteiger partial charge in [0.1, 0.15) is 18.0 Å². The average Bonchev–Trinajstić information content (AvgIpc) is 3.69. The third-order valence-corrected chi connectivity index (χ3v) is 12.5. The number of nitrogens with zero attached hydrogens (tertiary/aromatic N) is 5. The first-order chi connectivity index (χ1) is 29.3. The molecule has 2 aliphatic heterocycles. The van der Waals surface area contributed by atoms with Gasteiger partial charge >= 0.3 is 6.09 Å². The number of nitrogens with one attached hydrogen (secondary N) is 1. The number of amides is 2. The predicted octanol–water partition coefficient (Wildman–Crippen LogP) is 9.14. The molecular formula is C47H61F3N6O5. The highest BCUT2D eigenvalue weighted by Gasteiger charge is 2.29. The maximum absolute atomic E-state index is 15.0. The minimum absolute atomic E-state index is 0.149. The van der Waals surface area contributed by atoms with Gasteiger partial charge in [-0.1, -0.05) is 25.0 Å². The maximum atomic E-state index is 15.0. The third-order valence-electron chi connectivity index (χ3n) is 12.5. The molecule has 3 fully saturated rings. The number of unbranched alkanes of at least 4 members (excludes halogenated alkanes) is 1. The summed E-state index contributed by atoms with van der Waals surface area (Å²) in [5, 5.41) is 8.78. The Morgan fingerprint density at radius 2 is 1.56 bits per heavy atom. The molecule has 61 heavy (non-hydrogen) atoms. The van der Waals surface area contributed by atoms with Crippen molar-refractivity contribution in [2.24, 2.45) is 11.8 Å². The zero-order chi connectivity index (χ0) is 43.1. The van der Waals surface area contributed by atoms with Crippen molar-refractivity contribution in [2.45, 2.75) is 96.8 Å². The van der Waals surface area contributed by atoms with Crippen LogP contribution in [0.15, 0.2) is 54.7 Å². The summed E-state index contributed by atoms with van der Waals surface area (Å²) < 4.78 is 62.7. The van der Waals surface area contributed by atoms with Gasteiger partial charge in [-0.25, -0.2) is 13.6 Å². The Kier molecular flexibility index (Phi) is 14.3. The smallest absolute Gasteiger partial charge is 0.410 e. The first kappa shape index (κ1) is 44.1. The number of methoxy groups -OCH3 is 1. The molecule has 11 nitrogen and oxygen atoms in total. The minimum atomic E-state index is -1.54. The van der Waals surface area contributed by atoms with Crippen LogP contribution in [0.3, 0.4) is 0 Å². The van der Waals surface area contributed by atoms with Crippen LogP contribution in [-0.2, 0) is 11.3 Å². The van der Waals surface area contributed by atoms with E-state index in [4.69, 9.17) is 19.3 Å². The lowest BCUT2D eigenvalue weighted by molar-refractivity contribution is 0.0180. The van der Waals surface area contributed by atoms with E-state index in [0.717, 1.165) is 95.2 Å². The summed E-state index contributed by atoms with van der Waals surface area (Å²) in [6.45, 7) is 12.6. The van der Waals surface area contributed by atoms with Gasteiger partial charge in [0.2, 0.25) is 5.82 Å². The predicted molar refractivity (Wildman–Crippen MR) is 230 cm³/mol. The number of piperazine rings is 1. The fourth-order valence-corrected chi connectivity index (χ4v) is 8.84. The van der Waals surface area contributed by atoms with Crippen LogP contribution in [0.2, 0.25) is 0 Å². The van der Waals surface area contributed by atoms with Crippen LogP contribution < -0.4 is 19.7 Å². The van der Waals surface area contributed by atoms with Gasteiger partial charge < -0.3 is 29.3 Å². The number of hydrogen-bond acceptors (Lipinski definition) is 8. The summed E-state index contributed by atoms with van der Waals surface area (Å²) in [6.07, 6.45) is 11.1. The van der Waals surface area contributed by atoms with Crippen LogP contribution in [0, 0.1) is 29.3 Å². The van der Waals surface area contributed by atoms with E-state index in [9.17, 15) is 22.8 Å². The molecule has 14 heteroatoms. The number of benzene rings is 3. The van der Waals surface area contributed by atoms with Crippen molar-refractivity contribution in [3.63, 3.8) is 0 Å². The standard InChI is InChI=1S/C47H61F3N6O5/c1-47(2,3)61-46(58)55-21-18-32(19-22-55)7-5-6-20-53-23-25-54(26-24-53)37-15-12-35-30-56(52-41(35)27-37)36-13-8-33(9-14-36)29-51-45(57)39-28-40(48)44(43(50)42(39)49)60-31-34-10-16-38(59-4)17-11-34/h10-12,15-17,27-28,30,32-33,36H,5-9,13-14,18-26,29,31H2,1-4H3,(H,51,57)/t33-,36-. The Labute approximate surface area is 357 Å². The molecule has 7 rings (SSSR count). The summed E-state index contributed by atoms with van der Waals surface area (Å²) in [4.78, 5) is 32.2. The Morgan fingerprint density at radius 1 is 0.836 bits per heavy atom. The number of likely N-dealkylation sites (tertiary alicyclic amines) is 1. The Balaban J connectivity index is 0.807. The van der Waals surface area contributed by atoms with Crippen LogP contribution in [0.25, 0.3) is 10.9 Å². The third kappa shape index (κ3) is 11.5. The van der Waals surface area contributed by atoms with Gasteiger partial charge in [0.25, 0.3) is 5.91 Å². The van der Waals surface area contributed by atoms with Crippen molar-refractivity contribution in [3.05, 3.63) is 83.3 Å². The molecule has 3 aliphatic rings. The van der Waals surface area contributed by atoms with Gasteiger partial charge in [-0.15, -0.1) is 0 Å². The van der Waals surface area contributed by atoms with E-state index in [-0.39, 0.29) is 31.2 Å². The largest absolute Gasteiger partial charge is 0.497 e. The fourth-order valence-electron chi connectivity index (χ4n) is 8.84. The topological polar surface area (TPSA) is 101 Å². The molecular weight excluding hydrogens is 786 g/mol. The van der Waals surface area contributed by atoms with Crippen molar-refractivity contribution >= 4 is 28.6 Å². The molecule has 1 saturated carbocycles. The van der Waals surface area contributed by atoms with Crippen LogP contribution in [0.1, 0.15) is 101 Å². The van der Waals surface area contributed by atoms with Gasteiger partial charge in [0.05, 0.1) is 24.2 Å². The van der Waals surface area contributed by atoms with Crippen molar-refractivity contribution in [3.8, 4) is 11.5 Å². The van der Waals surface area contributed by atoms with E-state index in [1.54, 1.807) is 24.3 Å². The number of aromatic nitrogens is 2. The molecule has 3 heterocycles.